The molecule has 0 spiro atoms. The molecule has 1 atom stereocenters. The number of aromatic nitrogens is 2. The van der Waals surface area contributed by atoms with Crippen LogP contribution in [0.3, 0.4) is 0 Å². The van der Waals surface area contributed by atoms with Gasteiger partial charge in [0.2, 0.25) is 0 Å². The van der Waals surface area contributed by atoms with Crippen molar-refractivity contribution < 1.29 is 5.41 Å². The van der Waals surface area contributed by atoms with Crippen molar-refractivity contribution in [3.8, 4) is 0 Å². The highest BCUT2D eigenvalue weighted by Crippen LogP contribution is 2.38. The third-order valence-corrected chi connectivity index (χ3v) is 7.80. The van der Waals surface area contributed by atoms with Crippen molar-refractivity contribution in [1.82, 2.24) is 14.9 Å². The summed E-state index contributed by atoms with van der Waals surface area (Å²) in [6.07, 6.45) is 9.49. The van der Waals surface area contributed by atoms with E-state index in [0.29, 0.717) is 17.4 Å². The maximum absolute atomic E-state index is 6.35. The SMILES string of the molecule is NC(=NC(=[NH2+])C1CCN(Cc2ccc(C3N=C(c4cccnc4)C=C3c3ccccc3)cc2)CC1)c1ccccn1. The summed E-state index contributed by atoms with van der Waals surface area (Å²) in [6.45, 7) is 2.84. The molecule has 0 saturated carbocycles. The van der Waals surface area contributed by atoms with E-state index in [0.717, 1.165) is 43.8 Å². The van der Waals surface area contributed by atoms with Crippen LogP contribution in [0.1, 0.15) is 46.8 Å². The molecule has 1 fully saturated rings. The van der Waals surface area contributed by atoms with Crippen LogP contribution in [0.4, 0.5) is 0 Å². The predicted molar refractivity (Wildman–Crippen MR) is 164 cm³/mol. The van der Waals surface area contributed by atoms with Gasteiger partial charge in [-0.3, -0.25) is 25.3 Å². The fourth-order valence-electron chi connectivity index (χ4n) is 5.52. The molecular formula is C34H34N7+. The molecule has 1 unspecified atom stereocenters. The molecule has 1 saturated heterocycles. The number of piperidine rings is 1. The highest BCUT2D eigenvalue weighted by atomic mass is 15.1. The second-order valence-corrected chi connectivity index (χ2v) is 10.6. The summed E-state index contributed by atoms with van der Waals surface area (Å²) in [7, 11) is 0. The molecule has 0 radical (unpaired) electrons. The molecule has 7 nitrogen and oxygen atoms in total. The molecule has 4 heterocycles. The summed E-state index contributed by atoms with van der Waals surface area (Å²) in [6, 6.07) is 29.0. The van der Waals surface area contributed by atoms with Crippen LogP contribution in [0, 0.1) is 5.92 Å². The first-order chi connectivity index (χ1) is 20.1. The van der Waals surface area contributed by atoms with E-state index in [-0.39, 0.29) is 12.0 Å². The van der Waals surface area contributed by atoms with E-state index in [9.17, 15) is 0 Å². The minimum atomic E-state index is -0.0463. The molecule has 0 aliphatic carbocycles. The number of likely N-dealkylation sites (tertiary alicyclic amines) is 1. The number of hydrogen-bond donors (Lipinski definition) is 2. The zero-order valence-electron chi connectivity index (χ0n) is 23.0. The zero-order valence-corrected chi connectivity index (χ0v) is 23.0. The van der Waals surface area contributed by atoms with Crippen LogP contribution >= 0.6 is 0 Å². The molecule has 2 aromatic carbocycles. The largest absolute Gasteiger partial charge is 0.361 e. The number of pyridine rings is 2. The Labute approximate surface area is 240 Å². The van der Waals surface area contributed by atoms with Crippen LogP contribution in [0.25, 0.3) is 5.57 Å². The van der Waals surface area contributed by atoms with Gasteiger partial charge < -0.3 is 5.73 Å². The summed E-state index contributed by atoms with van der Waals surface area (Å²) >= 11 is 0. The summed E-state index contributed by atoms with van der Waals surface area (Å²) in [5.41, 5.74) is 13.7. The third kappa shape index (κ3) is 6.21. The van der Waals surface area contributed by atoms with Gasteiger partial charge in [0.15, 0.2) is 0 Å². The van der Waals surface area contributed by atoms with Crippen molar-refractivity contribution in [3.63, 3.8) is 0 Å². The molecule has 4 N–H and O–H groups in total. The van der Waals surface area contributed by atoms with Gasteiger partial charge in [-0.15, -0.1) is 0 Å². The molecule has 0 bridgehead atoms. The van der Waals surface area contributed by atoms with E-state index >= 15 is 0 Å². The first kappa shape index (κ1) is 26.5. The number of aliphatic imine (C=N–C) groups is 2. The second kappa shape index (κ2) is 12.2. The van der Waals surface area contributed by atoms with E-state index in [1.54, 1.807) is 12.4 Å². The van der Waals surface area contributed by atoms with E-state index < -0.39 is 0 Å². The van der Waals surface area contributed by atoms with Gasteiger partial charge in [-0.2, -0.15) is 0 Å². The van der Waals surface area contributed by atoms with Crippen molar-refractivity contribution in [2.45, 2.75) is 25.4 Å². The minimum Gasteiger partial charge on any atom is -0.361 e. The number of rotatable bonds is 7. The van der Waals surface area contributed by atoms with Gasteiger partial charge in [0, 0.05) is 30.7 Å². The smallest absolute Gasteiger partial charge is 0.295 e. The average Bonchev–Trinajstić information content (AvgIpc) is 3.49. The number of amidine groups is 2. The normalized spacial score (nSPS) is 18.1. The highest BCUT2D eigenvalue weighted by molar-refractivity contribution is 6.15. The first-order valence-electron chi connectivity index (χ1n) is 14.1. The number of hydrogen-bond acceptors (Lipinski definition) is 4. The number of nitrogens with zero attached hydrogens (tertiary/aromatic N) is 5. The van der Waals surface area contributed by atoms with Gasteiger partial charge >= 0.3 is 0 Å². The molecule has 2 aliphatic rings. The Morgan fingerprint density at radius 1 is 0.878 bits per heavy atom. The summed E-state index contributed by atoms with van der Waals surface area (Å²) < 4.78 is 0. The number of benzene rings is 2. The molecule has 2 aliphatic heterocycles. The molecule has 204 valence electrons. The number of allylic oxidation sites excluding steroid dienone is 1. The van der Waals surface area contributed by atoms with Crippen LogP contribution in [0.15, 0.2) is 120 Å². The average molecular weight is 541 g/mol. The Morgan fingerprint density at radius 3 is 2.34 bits per heavy atom. The number of nitrogens with two attached hydrogens (primary N) is 2. The van der Waals surface area contributed by atoms with Gasteiger partial charge in [0.25, 0.3) is 11.7 Å². The van der Waals surface area contributed by atoms with Gasteiger partial charge in [-0.05, 0) is 83.5 Å². The fourth-order valence-corrected chi connectivity index (χ4v) is 5.52. The van der Waals surface area contributed by atoms with Crippen LogP contribution < -0.4 is 11.1 Å². The van der Waals surface area contributed by atoms with Crippen molar-refractivity contribution in [2.24, 2.45) is 21.6 Å². The van der Waals surface area contributed by atoms with E-state index in [1.807, 2.05) is 36.5 Å². The third-order valence-electron chi connectivity index (χ3n) is 7.80. The van der Waals surface area contributed by atoms with Crippen molar-refractivity contribution >= 4 is 23.0 Å². The Kier molecular flexibility index (Phi) is 7.87. The quantitative estimate of drug-likeness (QED) is 0.274. The zero-order chi connectivity index (χ0) is 28.0. The molecular weight excluding hydrogens is 506 g/mol. The Hall–Kier alpha value is -4.75. The molecule has 6 rings (SSSR count). The van der Waals surface area contributed by atoms with E-state index in [1.165, 1.54) is 22.3 Å². The van der Waals surface area contributed by atoms with Crippen LogP contribution in [-0.4, -0.2) is 45.3 Å². The van der Waals surface area contributed by atoms with Crippen molar-refractivity contribution in [1.29, 1.82) is 0 Å². The lowest BCUT2D eigenvalue weighted by Crippen LogP contribution is -2.47. The summed E-state index contributed by atoms with van der Waals surface area (Å²) in [5.74, 6) is 1.20. The Balaban J connectivity index is 1.10. The topological polar surface area (TPSA) is 105 Å². The molecule has 0 amide bonds. The molecule has 4 aromatic rings. The van der Waals surface area contributed by atoms with E-state index in [2.05, 4.69) is 80.5 Å². The lowest BCUT2D eigenvalue weighted by atomic mass is 9.93. The van der Waals surface area contributed by atoms with Gasteiger partial charge in [0.05, 0.1) is 11.6 Å². The Morgan fingerprint density at radius 2 is 1.63 bits per heavy atom. The van der Waals surface area contributed by atoms with Gasteiger partial charge in [-0.1, -0.05) is 60.7 Å². The van der Waals surface area contributed by atoms with Crippen LogP contribution in [0.5, 0.6) is 0 Å². The van der Waals surface area contributed by atoms with E-state index in [4.69, 9.17) is 16.1 Å². The lowest BCUT2D eigenvalue weighted by Gasteiger charge is -2.29. The maximum atomic E-state index is 6.35. The predicted octanol–water partition coefficient (Wildman–Crippen LogP) is 3.88. The van der Waals surface area contributed by atoms with Crippen molar-refractivity contribution in [3.05, 3.63) is 138 Å². The monoisotopic (exact) mass is 540 g/mol. The standard InChI is InChI=1S/C34H33N7/c35-33(40-34(36)30-10-4-5-18-38-30)27-15-19-41(20-16-27)23-24-11-13-26(14-12-24)32-29(25-7-2-1-3-8-25)21-31(39-32)28-9-6-17-37-22-28/h1-14,17-18,21-22,27,32H,15-16,19-20,23H2,(H3,35,36,40)/p+1. The second-order valence-electron chi connectivity index (χ2n) is 10.6. The molecule has 2 aromatic heterocycles. The Bertz CT molecular complexity index is 1570. The van der Waals surface area contributed by atoms with Crippen LogP contribution in [-0.2, 0) is 6.54 Å². The highest BCUT2D eigenvalue weighted by Gasteiger charge is 2.28. The minimum absolute atomic E-state index is 0.0463. The first-order valence-corrected chi connectivity index (χ1v) is 14.1. The molecule has 7 heteroatoms. The van der Waals surface area contributed by atoms with Gasteiger partial charge in [0.1, 0.15) is 11.7 Å². The lowest BCUT2D eigenvalue weighted by molar-refractivity contribution is -0.122. The fraction of sp³-hybridized carbons (Fsp3) is 0.206. The van der Waals surface area contributed by atoms with Crippen LogP contribution in [0.2, 0.25) is 0 Å². The maximum Gasteiger partial charge on any atom is 0.295 e. The summed E-state index contributed by atoms with van der Waals surface area (Å²) in [4.78, 5) is 20.6. The van der Waals surface area contributed by atoms with Gasteiger partial charge in [-0.25, -0.2) is 0 Å². The molecule has 41 heavy (non-hydrogen) atoms. The summed E-state index contributed by atoms with van der Waals surface area (Å²) in [5, 5.41) is 6.35. The van der Waals surface area contributed by atoms with Crippen molar-refractivity contribution in [2.75, 3.05) is 13.1 Å².